The zero-order valence-electron chi connectivity index (χ0n) is 19.3. The van der Waals surface area contributed by atoms with E-state index in [-0.39, 0.29) is 17.8 Å². The second kappa shape index (κ2) is 10.6. The van der Waals surface area contributed by atoms with E-state index in [1.165, 1.54) is 12.1 Å². The Hall–Kier alpha value is -3.81. The first-order chi connectivity index (χ1) is 17.2. The Morgan fingerprint density at radius 2 is 1.60 bits per heavy atom. The molecule has 6 nitrogen and oxygen atoms in total. The van der Waals surface area contributed by atoms with E-state index in [4.69, 9.17) is 9.84 Å². The van der Waals surface area contributed by atoms with Crippen molar-refractivity contribution in [3.8, 4) is 16.9 Å². The van der Waals surface area contributed by atoms with Crippen LogP contribution >= 0.6 is 0 Å². The van der Waals surface area contributed by atoms with E-state index in [0.717, 1.165) is 29.9 Å². The molecule has 0 aliphatic carbocycles. The van der Waals surface area contributed by atoms with Gasteiger partial charge in [-0.1, -0.05) is 60.7 Å². The third-order valence-corrected chi connectivity index (χ3v) is 6.22. The zero-order chi connectivity index (χ0) is 24.0. The van der Waals surface area contributed by atoms with Crippen molar-refractivity contribution < 1.29 is 13.9 Å². The molecule has 35 heavy (non-hydrogen) atoms. The first-order valence-electron chi connectivity index (χ1n) is 11.7. The average Bonchev–Trinajstić information content (AvgIpc) is 3.37. The number of rotatable bonds is 7. The van der Waals surface area contributed by atoms with Crippen LogP contribution in [0, 0.1) is 5.82 Å². The number of carbonyl (C=O) groups is 1. The van der Waals surface area contributed by atoms with E-state index in [1.54, 1.807) is 23.0 Å². The first kappa shape index (κ1) is 23.0. The van der Waals surface area contributed by atoms with Gasteiger partial charge in [0.15, 0.2) is 0 Å². The molecule has 1 fully saturated rings. The van der Waals surface area contributed by atoms with Crippen LogP contribution in [-0.4, -0.2) is 53.4 Å². The SMILES string of the molecule is O=C(NC[C@H](c1ccc(F)cc1)N1CCOCC1)c1cn(-c2ccccc2)nc1-c1ccccc1. The smallest absolute Gasteiger partial charge is 0.255 e. The van der Waals surface area contributed by atoms with Crippen LogP contribution < -0.4 is 5.32 Å². The maximum absolute atomic E-state index is 13.6. The number of hydrogen-bond donors (Lipinski definition) is 1. The number of nitrogens with zero attached hydrogens (tertiary/aromatic N) is 3. The lowest BCUT2D eigenvalue weighted by Gasteiger charge is -2.35. The molecule has 2 heterocycles. The summed E-state index contributed by atoms with van der Waals surface area (Å²) in [4.78, 5) is 15.8. The van der Waals surface area contributed by atoms with E-state index in [2.05, 4.69) is 10.2 Å². The van der Waals surface area contributed by atoms with Gasteiger partial charge in [-0.15, -0.1) is 0 Å². The summed E-state index contributed by atoms with van der Waals surface area (Å²) < 4.78 is 20.8. The minimum absolute atomic E-state index is 0.0900. The predicted octanol–water partition coefficient (Wildman–Crippen LogP) is 4.48. The van der Waals surface area contributed by atoms with Gasteiger partial charge in [0.05, 0.1) is 30.5 Å². The highest BCUT2D eigenvalue weighted by Gasteiger charge is 2.25. The normalized spacial score (nSPS) is 15.0. The number of halogens is 1. The quantitative estimate of drug-likeness (QED) is 0.433. The third-order valence-electron chi connectivity index (χ3n) is 6.22. The molecular weight excluding hydrogens is 443 g/mol. The van der Waals surface area contributed by atoms with Crippen LogP contribution in [0.3, 0.4) is 0 Å². The molecule has 0 spiro atoms. The second-order valence-electron chi connectivity index (χ2n) is 8.46. The molecule has 1 amide bonds. The fraction of sp³-hybridized carbons (Fsp3) is 0.214. The second-order valence-corrected chi connectivity index (χ2v) is 8.46. The Bertz CT molecular complexity index is 1250. The molecule has 1 aliphatic heterocycles. The Morgan fingerprint density at radius 1 is 0.943 bits per heavy atom. The molecule has 1 aromatic heterocycles. The Labute approximate surface area is 204 Å². The van der Waals surface area contributed by atoms with Crippen molar-refractivity contribution >= 4 is 5.91 Å². The fourth-order valence-corrected chi connectivity index (χ4v) is 4.38. The highest BCUT2D eigenvalue weighted by molar-refractivity contribution is 6.00. The molecule has 4 aromatic rings. The van der Waals surface area contributed by atoms with Gasteiger partial charge >= 0.3 is 0 Å². The minimum Gasteiger partial charge on any atom is -0.379 e. The van der Waals surface area contributed by atoms with E-state index >= 15 is 0 Å². The van der Waals surface area contributed by atoms with E-state index in [9.17, 15) is 9.18 Å². The van der Waals surface area contributed by atoms with E-state index in [0.29, 0.717) is 31.0 Å². The van der Waals surface area contributed by atoms with E-state index < -0.39 is 0 Å². The lowest BCUT2D eigenvalue weighted by molar-refractivity contribution is 0.0162. The predicted molar refractivity (Wildman–Crippen MR) is 133 cm³/mol. The van der Waals surface area contributed by atoms with Crippen molar-refractivity contribution in [3.63, 3.8) is 0 Å². The molecule has 1 aliphatic rings. The van der Waals surface area contributed by atoms with Gasteiger partial charge in [-0.2, -0.15) is 5.10 Å². The van der Waals surface area contributed by atoms with Crippen LogP contribution in [0.1, 0.15) is 22.0 Å². The molecular formula is C28H27FN4O2. The van der Waals surface area contributed by atoms with Crippen molar-refractivity contribution in [2.24, 2.45) is 0 Å². The summed E-state index contributed by atoms with van der Waals surface area (Å²) in [6.45, 7) is 3.15. The molecule has 7 heteroatoms. The van der Waals surface area contributed by atoms with Gasteiger partial charge in [-0.05, 0) is 29.8 Å². The third kappa shape index (κ3) is 5.31. The highest BCUT2D eigenvalue weighted by Crippen LogP contribution is 2.25. The van der Waals surface area contributed by atoms with Crippen LogP contribution in [0.15, 0.2) is 91.1 Å². The molecule has 1 saturated heterocycles. The van der Waals surface area contributed by atoms with Crippen molar-refractivity contribution in [2.75, 3.05) is 32.8 Å². The van der Waals surface area contributed by atoms with Crippen molar-refractivity contribution in [1.82, 2.24) is 20.0 Å². The largest absolute Gasteiger partial charge is 0.379 e. The molecule has 1 N–H and O–H groups in total. The molecule has 0 radical (unpaired) electrons. The first-order valence-corrected chi connectivity index (χ1v) is 11.7. The fourth-order valence-electron chi connectivity index (χ4n) is 4.38. The Balaban J connectivity index is 1.42. The van der Waals surface area contributed by atoms with Gasteiger partial charge in [-0.25, -0.2) is 9.07 Å². The van der Waals surface area contributed by atoms with Gasteiger partial charge in [0.25, 0.3) is 5.91 Å². The van der Waals surface area contributed by atoms with Crippen molar-refractivity contribution in [1.29, 1.82) is 0 Å². The average molecular weight is 471 g/mol. The summed E-state index contributed by atoms with van der Waals surface area (Å²) in [6.07, 6.45) is 1.77. The molecule has 5 rings (SSSR count). The number of amides is 1. The number of ether oxygens (including phenoxy) is 1. The zero-order valence-corrected chi connectivity index (χ0v) is 19.3. The summed E-state index contributed by atoms with van der Waals surface area (Å²) in [6, 6.07) is 25.8. The van der Waals surface area contributed by atoms with E-state index in [1.807, 2.05) is 60.7 Å². The lowest BCUT2D eigenvalue weighted by atomic mass is 10.0. The number of aromatic nitrogens is 2. The maximum atomic E-state index is 13.6. The number of hydrogen-bond acceptors (Lipinski definition) is 4. The summed E-state index contributed by atoms with van der Waals surface area (Å²) in [5.74, 6) is -0.481. The van der Waals surface area contributed by atoms with Gasteiger partial charge in [0, 0.05) is 31.4 Å². The van der Waals surface area contributed by atoms with Gasteiger partial charge in [0.2, 0.25) is 0 Å². The van der Waals surface area contributed by atoms with Crippen LogP contribution in [0.5, 0.6) is 0 Å². The maximum Gasteiger partial charge on any atom is 0.255 e. The standard InChI is InChI=1S/C28H27FN4O2/c29-23-13-11-21(12-14-23)26(32-15-17-35-18-16-32)19-30-28(34)25-20-33(24-9-5-2-6-10-24)31-27(25)22-7-3-1-4-8-22/h1-14,20,26H,15-19H2,(H,30,34)/t26-/m1/s1. The van der Waals surface area contributed by atoms with Gasteiger partial charge in [0.1, 0.15) is 11.5 Å². The topological polar surface area (TPSA) is 59.4 Å². The van der Waals surface area contributed by atoms with Crippen molar-refractivity contribution in [3.05, 3.63) is 108 Å². The number of benzene rings is 3. The van der Waals surface area contributed by atoms with Crippen LogP contribution in [-0.2, 0) is 4.74 Å². The van der Waals surface area contributed by atoms with Crippen LogP contribution in [0.4, 0.5) is 4.39 Å². The van der Waals surface area contributed by atoms with Crippen LogP contribution in [0.25, 0.3) is 16.9 Å². The molecule has 0 unspecified atom stereocenters. The molecule has 178 valence electrons. The van der Waals surface area contributed by atoms with Gasteiger partial charge in [-0.3, -0.25) is 9.69 Å². The molecule has 3 aromatic carbocycles. The van der Waals surface area contributed by atoms with Crippen LogP contribution in [0.2, 0.25) is 0 Å². The number of nitrogens with one attached hydrogen (secondary N) is 1. The number of carbonyl (C=O) groups excluding carboxylic acids is 1. The highest BCUT2D eigenvalue weighted by atomic mass is 19.1. The Morgan fingerprint density at radius 3 is 2.29 bits per heavy atom. The number of para-hydroxylation sites is 1. The molecule has 1 atom stereocenters. The Kier molecular flexibility index (Phi) is 6.97. The summed E-state index contributed by atoms with van der Waals surface area (Å²) >= 11 is 0. The van der Waals surface area contributed by atoms with Crippen molar-refractivity contribution in [2.45, 2.75) is 6.04 Å². The minimum atomic E-state index is -0.278. The summed E-state index contributed by atoms with van der Waals surface area (Å²) in [5.41, 5.74) is 3.82. The number of morpholine rings is 1. The lowest BCUT2D eigenvalue weighted by Crippen LogP contribution is -2.43. The summed E-state index contributed by atoms with van der Waals surface area (Å²) in [5, 5.41) is 7.86. The molecule has 0 saturated carbocycles. The van der Waals surface area contributed by atoms with Gasteiger partial charge < -0.3 is 10.1 Å². The molecule has 0 bridgehead atoms. The monoisotopic (exact) mass is 470 g/mol. The summed E-state index contributed by atoms with van der Waals surface area (Å²) in [7, 11) is 0.